The molecule has 0 spiro atoms. The molecule has 82 valence electrons. The molecule has 0 aliphatic heterocycles. The predicted octanol–water partition coefficient (Wildman–Crippen LogP) is 3.02. The van der Waals surface area contributed by atoms with Gasteiger partial charge in [0.15, 0.2) is 11.5 Å². The molecule has 0 saturated carbocycles. The van der Waals surface area contributed by atoms with E-state index in [0.29, 0.717) is 12.3 Å². The molecule has 0 aliphatic carbocycles. The molecule has 0 amide bonds. The minimum Gasteiger partial charge on any atom is -0.504 e. The van der Waals surface area contributed by atoms with E-state index in [0.717, 1.165) is 17.5 Å². The van der Waals surface area contributed by atoms with Crippen molar-refractivity contribution in [2.75, 3.05) is 0 Å². The minimum atomic E-state index is -0.0370. The first kappa shape index (κ1) is 11.6. The van der Waals surface area contributed by atoms with E-state index in [-0.39, 0.29) is 11.5 Å². The molecule has 0 bridgehead atoms. The van der Waals surface area contributed by atoms with Crippen LogP contribution in [0, 0.1) is 5.92 Å². The van der Waals surface area contributed by atoms with Crippen molar-refractivity contribution < 1.29 is 10.2 Å². The molecule has 0 saturated heterocycles. The van der Waals surface area contributed by atoms with Crippen LogP contribution in [0.3, 0.4) is 0 Å². The van der Waals surface area contributed by atoms with E-state index in [2.05, 4.69) is 20.4 Å². The molecule has 2 nitrogen and oxygen atoms in total. The number of hydrogen-bond acceptors (Lipinski definition) is 2. The zero-order valence-corrected chi connectivity index (χ0v) is 9.33. The number of aromatic hydroxyl groups is 2. The Hall–Kier alpha value is -1.44. The smallest absolute Gasteiger partial charge is 0.160 e. The van der Waals surface area contributed by atoms with Gasteiger partial charge in [0.1, 0.15) is 0 Å². The standard InChI is InChI=1S/C13H18O2/c1-4-5-10-7-11(6-9(2)3)13(15)12(14)8-10/h4,7-9,14-15H,1,5-6H2,2-3H3. The van der Waals surface area contributed by atoms with Gasteiger partial charge in [-0.25, -0.2) is 0 Å². The lowest BCUT2D eigenvalue weighted by molar-refractivity contribution is 0.396. The SMILES string of the molecule is C=CCc1cc(O)c(O)c(CC(C)C)c1. The third kappa shape index (κ3) is 3.01. The lowest BCUT2D eigenvalue weighted by atomic mass is 9.98. The summed E-state index contributed by atoms with van der Waals surface area (Å²) >= 11 is 0. The van der Waals surface area contributed by atoms with E-state index in [9.17, 15) is 10.2 Å². The lowest BCUT2D eigenvalue weighted by Crippen LogP contribution is -1.96. The van der Waals surface area contributed by atoms with E-state index in [1.54, 1.807) is 12.1 Å². The van der Waals surface area contributed by atoms with Crippen molar-refractivity contribution in [3.8, 4) is 11.5 Å². The highest BCUT2D eigenvalue weighted by Gasteiger charge is 2.09. The van der Waals surface area contributed by atoms with E-state index in [1.807, 2.05) is 6.07 Å². The normalized spacial score (nSPS) is 10.6. The molecule has 1 aromatic carbocycles. The number of rotatable bonds is 4. The molecule has 0 atom stereocenters. The maximum absolute atomic E-state index is 9.66. The van der Waals surface area contributed by atoms with Crippen molar-refractivity contribution >= 4 is 0 Å². The van der Waals surface area contributed by atoms with Crippen LogP contribution >= 0.6 is 0 Å². The van der Waals surface area contributed by atoms with Gasteiger partial charge >= 0.3 is 0 Å². The summed E-state index contributed by atoms with van der Waals surface area (Å²) in [4.78, 5) is 0. The van der Waals surface area contributed by atoms with Gasteiger partial charge in [-0.1, -0.05) is 26.0 Å². The van der Waals surface area contributed by atoms with Crippen LogP contribution in [0.2, 0.25) is 0 Å². The quantitative estimate of drug-likeness (QED) is 0.587. The molecular formula is C13H18O2. The fraction of sp³-hybridized carbons (Fsp3) is 0.385. The van der Waals surface area contributed by atoms with Crippen molar-refractivity contribution in [3.63, 3.8) is 0 Å². The van der Waals surface area contributed by atoms with Crippen LogP contribution < -0.4 is 0 Å². The number of benzene rings is 1. The first-order valence-corrected chi connectivity index (χ1v) is 5.19. The zero-order chi connectivity index (χ0) is 11.4. The fourth-order valence-electron chi connectivity index (χ4n) is 1.62. The monoisotopic (exact) mass is 206 g/mol. The average molecular weight is 206 g/mol. The van der Waals surface area contributed by atoms with Gasteiger partial charge in [0.25, 0.3) is 0 Å². The molecular weight excluding hydrogens is 188 g/mol. The maximum atomic E-state index is 9.66. The Bertz CT molecular complexity index is 354. The summed E-state index contributed by atoms with van der Waals surface area (Å²) in [6.07, 6.45) is 3.26. The third-order valence-electron chi connectivity index (χ3n) is 2.24. The van der Waals surface area contributed by atoms with Crippen LogP contribution in [0.15, 0.2) is 24.8 Å². The Kier molecular flexibility index (Phi) is 3.78. The Morgan fingerprint density at radius 2 is 2.00 bits per heavy atom. The van der Waals surface area contributed by atoms with Gasteiger partial charge in [-0.05, 0) is 36.0 Å². The summed E-state index contributed by atoms with van der Waals surface area (Å²) in [7, 11) is 0. The second-order valence-electron chi connectivity index (χ2n) is 4.21. The Morgan fingerprint density at radius 3 is 2.53 bits per heavy atom. The van der Waals surface area contributed by atoms with Crippen LogP contribution in [0.25, 0.3) is 0 Å². The zero-order valence-electron chi connectivity index (χ0n) is 9.33. The summed E-state index contributed by atoms with van der Waals surface area (Å²) in [5, 5.41) is 19.2. The highest BCUT2D eigenvalue weighted by atomic mass is 16.3. The van der Waals surface area contributed by atoms with Crippen molar-refractivity contribution in [3.05, 3.63) is 35.9 Å². The van der Waals surface area contributed by atoms with Crippen molar-refractivity contribution in [2.24, 2.45) is 5.92 Å². The molecule has 2 N–H and O–H groups in total. The molecule has 0 aromatic heterocycles. The summed E-state index contributed by atoms with van der Waals surface area (Å²) in [6, 6.07) is 3.51. The van der Waals surface area contributed by atoms with Gasteiger partial charge in [-0.3, -0.25) is 0 Å². The predicted molar refractivity (Wildman–Crippen MR) is 62.2 cm³/mol. The van der Waals surface area contributed by atoms with Crippen molar-refractivity contribution in [1.29, 1.82) is 0 Å². The number of hydrogen-bond donors (Lipinski definition) is 2. The summed E-state index contributed by atoms with van der Waals surface area (Å²) in [6.45, 7) is 7.81. The molecule has 2 heteroatoms. The molecule has 0 fully saturated rings. The minimum absolute atomic E-state index is 0.0107. The van der Waals surface area contributed by atoms with Crippen molar-refractivity contribution in [2.45, 2.75) is 26.7 Å². The Balaban J connectivity index is 3.06. The van der Waals surface area contributed by atoms with Gasteiger partial charge in [0.2, 0.25) is 0 Å². The molecule has 1 aromatic rings. The van der Waals surface area contributed by atoms with Gasteiger partial charge in [0.05, 0.1) is 0 Å². The van der Waals surface area contributed by atoms with E-state index in [1.165, 1.54) is 0 Å². The van der Waals surface area contributed by atoms with Crippen LogP contribution in [0.5, 0.6) is 11.5 Å². The van der Waals surface area contributed by atoms with Gasteiger partial charge in [-0.15, -0.1) is 6.58 Å². The topological polar surface area (TPSA) is 40.5 Å². The summed E-state index contributed by atoms with van der Waals surface area (Å²) in [5.74, 6) is 0.427. The molecule has 0 heterocycles. The first-order valence-electron chi connectivity index (χ1n) is 5.19. The van der Waals surface area contributed by atoms with E-state index < -0.39 is 0 Å². The van der Waals surface area contributed by atoms with E-state index in [4.69, 9.17) is 0 Å². The second kappa shape index (κ2) is 4.87. The second-order valence-corrected chi connectivity index (χ2v) is 4.21. The maximum Gasteiger partial charge on any atom is 0.160 e. The van der Waals surface area contributed by atoms with Crippen molar-refractivity contribution in [1.82, 2.24) is 0 Å². The van der Waals surface area contributed by atoms with Crippen LogP contribution in [0.1, 0.15) is 25.0 Å². The van der Waals surface area contributed by atoms with Crippen LogP contribution in [-0.4, -0.2) is 10.2 Å². The molecule has 15 heavy (non-hydrogen) atoms. The molecule has 1 rings (SSSR count). The lowest BCUT2D eigenvalue weighted by Gasteiger charge is -2.10. The largest absolute Gasteiger partial charge is 0.504 e. The highest BCUT2D eigenvalue weighted by molar-refractivity contribution is 5.48. The number of phenolic OH excluding ortho intramolecular Hbond substituents is 2. The van der Waals surface area contributed by atoms with Crippen LogP contribution in [-0.2, 0) is 12.8 Å². The average Bonchev–Trinajstić information content (AvgIpc) is 2.13. The first-order chi connectivity index (χ1) is 7.04. The molecule has 0 aliphatic rings. The highest BCUT2D eigenvalue weighted by Crippen LogP contribution is 2.32. The van der Waals surface area contributed by atoms with Crippen LogP contribution in [0.4, 0.5) is 0 Å². The summed E-state index contributed by atoms with van der Waals surface area (Å²) < 4.78 is 0. The fourth-order valence-corrected chi connectivity index (χ4v) is 1.62. The van der Waals surface area contributed by atoms with Gasteiger partial charge < -0.3 is 10.2 Å². The van der Waals surface area contributed by atoms with E-state index >= 15 is 0 Å². The Morgan fingerprint density at radius 1 is 1.33 bits per heavy atom. The number of allylic oxidation sites excluding steroid dienone is 1. The third-order valence-corrected chi connectivity index (χ3v) is 2.24. The molecule has 0 radical (unpaired) electrons. The number of phenols is 2. The Labute approximate surface area is 90.9 Å². The van der Waals surface area contributed by atoms with Gasteiger partial charge in [-0.2, -0.15) is 0 Å². The molecule has 0 unspecified atom stereocenters. The summed E-state index contributed by atoms with van der Waals surface area (Å²) in [5.41, 5.74) is 1.79. The van der Waals surface area contributed by atoms with Gasteiger partial charge in [0, 0.05) is 0 Å².